The fourth-order valence-corrected chi connectivity index (χ4v) is 2.76. The number of aromatic nitrogens is 2. The van der Waals surface area contributed by atoms with Gasteiger partial charge in [0.2, 0.25) is 0 Å². The molecule has 0 saturated carbocycles. The molecule has 0 atom stereocenters. The summed E-state index contributed by atoms with van der Waals surface area (Å²) in [6, 6.07) is 15.7. The largest absolute Gasteiger partial charge is 0.487 e. The topological polar surface area (TPSA) is 69.3 Å². The van der Waals surface area contributed by atoms with Gasteiger partial charge in [-0.05, 0) is 42.8 Å². The summed E-state index contributed by atoms with van der Waals surface area (Å²) in [5.74, 6) is 0.684. The Morgan fingerprint density at radius 3 is 2.71 bits per heavy atom. The monoisotopic (exact) mass is 382 g/mol. The summed E-state index contributed by atoms with van der Waals surface area (Å²) in [6.07, 6.45) is 2.21. The first-order valence-electron chi connectivity index (χ1n) is 8.67. The molecule has 0 bridgehead atoms. The van der Waals surface area contributed by atoms with Gasteiger partial charge in [-0.3, -0.25) is 0 Å². The van der Waals surface area contributed by atoms with Crippen molar-refractivity contribution in [3.05, 3.63) is 71.7 Å². The van der Waals surface area contributed by atoms with Crippen molar-refractivity contribution in [2.24, 2.45) is 0 Å². The lowest BCUT2D eigenvalue weighted by Gasteiger charge is -2.09. The molecule has 0 amide bonds. The Hall–Kier alpha value is -3.53. The molecule has 0 unspecified atom stereocenters. The minimum atomic E-state index is -2.89. The third-order valence-electron chi connectivity index (χ3n) is 3.95. The van der Waals surface area contributed by atoms with Crippen molar-refractivity contribution in [1.29, 1.82) is 5.26 Å². The van der Waals surface area contributed by atoms with Crippen LogP contribution in [0.15, 0.2) is 54.7 Å². The lowest BCUT2D eigenvalue weighted by molar-refractivity contribution is -0.377. The van der Waals surface area contributed by atoms with Crippen LogP contribution in [0.2, 0.25) is 0 Å². The second-order valence-corrected chi connectivity index (χ2v) is 5.90. The molecule has 0 spiro atoms. The maximum atomic E-state index is 12.5. The standard InChI is InChI=1S/C21H17F2N3O2/c1-2-27-19-9-8-16(10-14-6-7-17(12-24)25-13-14)26-20(19)15-4-3-5-18(11-15)28-21(22)23/h3-9,11,13,21H,2,10H2,1H3/p+1. The maximum absolute atomic E-state index is 12.5. The van der Waals surface area contributed by atoms with E-state index in [2.05, 4.69) is 14.7 Å². The van der Waals surface area contributed by atoms with Crippen molar-refractivity contribution >= 4 is 0 Å². The van der Waals surface area contributed by atoms with Gasteiger partial charge in [-0.15, -0.1) is 0 Å². The lowest BCUT2D eigenvalue weighted by Crippen LogP contribution is -2.16. The van der Waals surface area contributed by atoms with Crippen LogP contribution < -0.4 is 14.5 Å². The summed E-state index contributed by atoms with van der Waals surface area (Å²) in [4.78, 5) is 7.38. The Kier molecular flexibility index (Phi) is 6.12. The molecule has 3 rings (SSSR count). The summed E-state index contributed by atoms with van der Waals surface area (Å²) in [6.45, 7) is -0.551. The second kappa shape index (κ2) is 8.91. The summed E-state index contributed by atoms with van der Waals surface area (Å²) in [5, 5.41) is 8.85. The molecular formula is C21H18F2N3O2+. The van der Waals surface area contributed by atoms with Crippen LogP contribution in [0.4, 0.5) is 8.78 Å². The van der Waals surface area contributed by atoms with Gasteiger partial charge in [0.15, 0.2) is 11.4 Å². The molecule has 0 fully saturated rings. The number of pyridine rings is 2. The minimum absolute atomic E-state index is 0.0741. The molecule has 142 valence electrons. The third kappa shape index (κ3) is 4.80. The average Bonchev–Trinajstić information content (AvgIpc) is 2.69. The van der Waals surface area contributed by atoms with Crippen molar-refractivity contribution in [2.75, 3.05) is 6.61 Å². The van der Waals surface area contributed by atoms with Crippen molar-refractivity contribution in [1.82, 2.24) is 4.98 Å². The van der Waals surface area contributed by atoms with Crippen molar-refractivity contribution in [3.63, 3.8) is 0 Å². The molecule has 2 aromatic heterocycles. The van der Waals surface area contributed by atoms with E-state index in [1.807, 2.05) is 31.2 Å². The highest BCUT2D eigenvalue weighted by Crippen LogP contribution is 2.29. The molecule has 1 N–H and O–H groups in total. The number of rotatable bonds is 7. The SMILES string of the molecule is CCOc1ccc(Cc2ccc(C#N)nc2)[nH+]c1-c1cccc(OC(F)F)c1. The Morgan fingerprint density at radius 1 is 1.18 bits per heavy atom. The Morgan fingerprint density at radius 2 is 2.04 bits per heavy atom. The number of hydrogen-bond acceptors (Lipinski definition) is 4. The van der Waals surface area contributed by atoms with E-state index >= 15 is 0 Å². The second-order valence-electron chi connectivity index (χ2n) is 5.90. The zero-order valence-corrected chi connectivity index (χ0v) is 15.2. The number of ether oxygens (including phenoxy) is 2. The van der Waals surface area contributed by atoms with Crippen molar-refractivity contribution in [2.45, 2.75) is 20.0 Å². The number of nitrogens with one attached hydrogen (secondary N) is 1. The summed E-state index contributed by atoms with van der Waals surface area (Å²) >= 11 is 0. The third-order valence-corrected chi connectivity index (χ3v) is 3.95. The molecular weight excluding hydrogens is 364 g/mol. The zero-order valence-electron chi connectivity index (χ0n) is 15.2. The van der Waals surface area contributed by atoms with Gasteiger partial charge < -0.3 is 9.47 Å². The van der Waals surface area contributed by atoms with Gasteiger partial charge in [0.1, 0.15) is 17.5 Å². The van der Waals surface area contributed by atoms with Crippen LogP contribution >= 0.6 is 0 Å². The van der Waals surface area contributed by atoms with E-state index in [1.165, 1.54) is 12.1 Å². The van der Waals surface area contributed by atoms with E-state index < -0.39 is 6.61 Å². The molecule has 0 aliphatic carbocycles. The van der Waals surface area contributed by atoms with Gasteiger partial charge in [-0.2, -0.15) is 14.0 Å². The van der Waals surface area contributed by atoms with Gasteiger partial charge in [0.05, 0.1) is 18.6 Å². The molecule has 7 heteroatoms. The number of nitriles is 1. The molecule has 0 saturated heterocycles. The highest BCUT2D eigenvalue weighted by molar-refractivity contribution is 5.64. The van der Waals surface area contributed by atoms with Crippen LogP contribution in [0.1, 0.15) is 23.9 Å². The zero-order chi connectivity index (χ0) is 19.9. The summed E-state index contributed by atoms with van der Waals surface area (Å²) in [7, 11) is 0. The Balaban J connectivity index is 1.94. The van der Waals surface area contributed by atoms with E-state index in [0.717, 1.165) is 11.3 Å². The smallest absolute Gasteiger partial charge is 0.387 e. The predicted octanol–water partition coefficient (Wildman–Crippen LogP) is 4.03. The van der Waals surface area contributed by atoms with Crippen LogP contribution in [0, 0.1) is 11.3 Å². The van der Waals surface area contributed by atoms with Crippen LogP contribution in [0.5, 0.6) is 11.5 Å². The molecule has 28 heavy (non-hydrogen) atoms. The van der Waals surface area contributed by atoms with Crippen LogP contribution in [-0.4, -0.2) is 18.2 Å². The Bertz CT molecular complexity index is 986. The normalized spacial score (nSPS) is 10.5. The highest BCUT2D eigenvalue weighted by atomic mass is 19.3. The summed E-state index contributed by atoms with van der Waals surface area (Å²) < 4.78 is 35.2. The number of alkyl halides is 2. The Labute approximate surface area is 161 Å². The van der Waals surface area contributed by atoms with E-state index in [4.69, 9.17) is 10.00 Å². The fourth-order valence-electron chi connectivity index (χ4n) is 2.76. The first-order chi connectivity index (χ1) is 13.6. The molecule has 5 nitrogen and oxygen atoms in total. The quantitative estimate of drug-likeness (QED) is 0.619. The lowest BCUT2D eigenvalue weighted by atomic mass is 10.1. The molecule has 2 heterocycles. The van der Waals surface area contributed by atoms with Crippen LogP contribution in [-0.2, 0) is 6.42 Å². The molecule has 0 aliphatic rings. The number of aromatic amines is 1. The van der Waals surface area contributed by atoms with Crippen LogP contribution in [0.25, 0.3) is 11.3 Å². The van der Waals surface area contributed by atoms with Crippen molar-refractivity contribution in [3.8, 4) is 28.8 Å². The molecule has 0 radical (unpaired) electrons. The van der Waals surface area contributed by atoms with Gasteiger partial charge in [-0.25, -0.2) is 9.97 Å². The number of H-pyrrole nitrogens is 1. The maximum Gasteiger partial charge on any atom is 0.387 e. The van der Waals surface area contributed by atoms with Gasteiger partial charge in [0.25, 0.3) is 5.69 Å². The number of nitrogens with zero attached hydrogens (tertiary/aromatic N) is 2. The minimum Gasteiger partial charge on any atom is -0.487 e. The molecule has 1 aromatic carbocycles. The highest BCUT2D eigenvalue weighted by Gasteiger charge is 2.18. The van der Waals surface area contributed by atoms with E-state index in [1.54, 1.807) is 24.4 Å². The number of benzene rings is 1. The van der Waals surface area contributed by atoms with Crippen molar-refractivity contribution < 1.29 is 23.2 Å². The van der Waals surface area contributed by atoms with Crippen LogP contribution in [0.3, 0.4) is 0 Å². The fraction of sp³-hybridized carbons (Fsp3) is 0.190. The average molecular weight is 382 g/mol. The number of hydrogen-bond donors (Lipinski definition) is 0. The number of halogens is 2. The first kappa shape index (κ1) is 19.2. The molecule has 3 aromatic rings. The summed E-state index contributed by atoms with van der Waals surface area (Å²) in [5.41, 5.74) is 3.50. The van der Waals surface area contributed by atoms with Gasteiger partial charge in [0, 0.05) is 12.3 Å². The predicted molar refractivity (Wildman–Crippen MR) is 98.0 cm³/mol. The van der Waals surface area contributed by atoms with Gasteiger partial charge in [-0.1, -0.05) is 12.1 Å². The van der Waals surface area contributed by atoms with E-state index in [9.17, 15) is 8.78 Å². The molecule has 0 aliphatic heterocycles. The first-order valence-corrected chi connectivity index (χ1v) is 8.67. The van der Waals surface area contributed by atoms with Gasteiger partial charge >= 0.3 is 6.61 Å². The van der Waals surface area contributed by atoms with E-state index in [0.29, 0.717) is 35.7 Å². The van der Waals surface area contributed by atoms with E-state index in [-0.39, 0.29) is 5.75 Å².